The fourth-order valence-electron chi connectivity index (χ4n) is 3.66. The fraction of sp³-hybridized carbons (Fsp3) is 0.458. The summed E-state index contributed by atoms with van der Waals surface area (Å²) in [5.41, 5.74) is 0.0464. The number of hydrogen-bond donors (Lipinski definition) is 1. The van der Waals surface area contributed by atoms with Gasteiger partial charge in [0, 0.05) is 39.1 Å². The van der Waals surface area contributed by atoms with Crippen molar-refractivity contribution in [2.24, 2.45) is 0 Å². The van der Waals surface area contributed by atoms with Gasteiger partial charge in [-0.3, -0.25) is 14.6 Å². The number of alkyl halides is 3. The molecule has 0 bridgehead atoms. The number of carbonyl (C=O) groups excluding carboxylic acids is 1. The third-order valence-electron chi connectivity index (χ3n) is 5.49. The van der Waals surface area contributed by atoms with Gasteiger partial charge in [0.2, 0.25) is 0 Å². The highest BCUT2D eigenvalue weighted by Gasteiger charge is 2.30. The lowest BCUT2D eigenvalue weighted by atomic mass is 10.0. The van der Waals surface area contributed by atoms with E-state index in [0.717, 1.165) is 49.6 Å². The molecular formula is C24H29F3N2O3. The predicted molar refractivity (Wildman–Crippen MR) is 116 cm³/mol. The van der Waals surface area contributed by atoms with E-state index in [0.29, 0.717) is 25.9 Å². The number of carbonyl (C=O) groups is 1. The topological polar surface area (TPSA) is 53.0 Å². The average molecular weight is 451 g/mol. The summed E-state index contributed by atoms with van der Waals surface area (Å²) in [7, 11) is 0. The van der Waals surface area contributed by atoms with Crippen molar-refractivity contribution in [3.8, 4) is 5.75 Å². The molecule has 1 saturated heterocycles. The number of piperazine rings is 1. The normalized spacial score (nSPS) is 16.6. The quantitative estimate of drug-likeness (QED) is 0.602. The van der Waals surface area contributed by atoms with Crippen LogP contribution in [0.15, 0.2) is 54.6 Å². The molecule has 1 aliphatic rings. The minimum Gasteiger partial charge on any atom is -0.491 e. The van der Waals surface area contributed by atoms with Crippen molar-refractivity contribution >= 4 is 5.78 Å². The molecule has 0 saturated carbocycles. The smallest absolute Gasteiger partial charge is 0.416 e. The first-order valence-corrected chi connectivity index (χ1v) is 10.8. The standard InChI is InChI=1S/C24H29F3N2O3/c25-24(26,27)20-9-6-19(7-10-20)8-11-21(30)16-28-12-14-29(15-13-28)17-22(31)18-32-23-4-2-1-3-5-23/h1-7,9-10,22,31H,8,11-18H2/t22-/m0/s1. The molecule has 0 aliphatic carbocycles. The van der Waals surface area contributed by atoms with Crippen molar-refractivity contribution in [2.75, 3.05) is 45.9 Å². The minimum atomic E-state index is -4.35. The number of ketones is 1. The summed E-state index contributed by atoms with van der Waals surface area (Å²) >= 11 is 0. The van der Waals surface area contributed by atoms with E-state index in [1.807, 2.05) is 30.3 Å². The van der Waals surface area contributed by atoms with Gasteiger partial charge in [-0.15, -0.1) is 0 Å². The average Bonchev–Trinajstić information content (AvgIpc) is 2.78. The van der Waals surface area contributed by atoms with Crippen LogP contribution in [0.1, 0.15) is 17.5 Å². The summed E-state index contributed by atoms with van der Waals surface area (Å²) in [4.78, 5) is 16.5. The molecule has 0 radical (unpaired) electrons. The number of hydrogen-bond acceptors (Lipinski definition) is 5. The molecule has 174 valence electrons. The molecule has 3 rings (SSSR count). The number of rotatable bonds is 10. The number of para-hydroxylation sites is 1. The molecule has 1 heterocycles. The highest BCUT2D eigenvalue weighted by atomic mass is 19.4. The van der Waals surface area contributed by atoms with Gasteiger partial charge in [-0.1, -0.05) is 30.3 Å². The number of Topliss-reactive ketones (excluding diaryl/α,β-unsaturated/α-hetero) is 1. The van der Waals surface area contributed by atoms with Crippen molar-refractivity contribution in [1.29, 1.82) is 0 Å². The predicted octanol–water partition coefficient (Wildman–Crippen LogP) is 3.26. The summed E-state index contributed by atoms with van der Waals surface area (Å²) in [5.74, 6) is 0.806. The number of aryl methyl sites for hydroxylation is 1. The number of aliphatic hydroxyl groups is 1. The number of nitrogens with zero attached hydrogens (tertiary/aromatic N) is 2. The van der Waals surface area contributed by atoms with Crippen molar-refractivity contribution in [3.63, 3.8) is 0 Å². The molecule has 0 amide bonds. The Bertz CT molecular complexity index is 836. The molecule has 2 aromatic carbocycles. The van der Waals surface area contributed by atoms with Crippen LogP contribution in [-0.2, 0) is 17.4 Å². The summed E-state index contributed by atoms with van der Waals surface area (Å²) in [6.45, 7) is 4.07. The molecule has 8 heteroatoms. The maximum Gasteiger partial charge on any atom is 0.416 e. The van der Waals surface area contributed by atoms with Gasteiger partial charge in [0.15, 0.2) is 0 Å². The van der Waals surface area contributed by atoms with Crippen LogP contribution in [-0.4, -0.2) is 72.7 Å². The highest BCUT2D eigenvalue weighted by molar-refractivity contribution is 5.80. The maximum absolute atomic E-state index is 12.6. The van der Waals surface area contributed by atoms with Crippen LogP contribution in [0, 0.1) is 0 Å². The molecule has 2 aromatic rings. The summed E-state index contributed by atoms with van der Waals surface area (Å²) in [6.07, 6.45) is -4.19. The van der Waals surface area contributed by atoms with Crippen LogP contribution >= 0.6 is 0 Å². The van der Waals surface area contributed by atoms with Crippen molar-refractivity contribution in [2.45, 2.75) is 25.1 Å². The SMILES string of the molecule is O=C(CCc1ccc(C(F)(F)F)cc1)CN1CCN(C[C@H](O)COc2ccccc2)CC1. The van der Waals surface area contributed by atoms with Gasteiger partial charge in [-0.2, -0.15) is 13.2 Å². The Kier molecular flexibility index (Phi) is 8.67. The summed E-state index contributed by atoms with van der Waals surface area (Å²) < 4.78 is 43.4. The summed E-state index contributed by atoms with van der Waals surface area (Å²) in [6, 6.07) is 14.3. The molecule has 5 nitrogen and oxygen atoms in total. The van der Waals surface area contributed by atoms with Gasteiger partial charge >= 0.3 is 6.18 Å². The first-order valence-electron chi connectivity index (χ1n) is 10.8. The van der Waals surface area contributed by atoms with Gasteiger partial charge < -0.3 is 9.84 Å². The van der Waals surface area contributed by atoms with Gasteiger partial charge in [0.1, 0.15) is 24.2 Å². The Morgan fingerprint density at radius 2 is 1.59 bits per heavy atom. The molecule has 1 N–H and O–H groups in total. The van der Waals surface area contributed by atoms with E-state index in [1.54, 1.807) is 0 Å². The van der Waals surface area contributed by atoms with Gasteiger partial charge in [0.25, 0.3) is 0 Å². The highest BCUT2D eigenvalue weighted by Crippen LogP contribution is 2.29. The van der Waals surface area contributed by atoms with Crippen LogP contribution < -0.4 is 4.74 Å². The Labute approximate surface area is 186 Å². The maximum atomic E-state index is 12.6. The molecule has 1 atom stereocenters. The summed E-state index contributed by atoms with van der Waals surface area (Å²) in [5, 5.41) is 10.2. The van der Waals surface area contributed by atoms with E-state index in [1.165, 1.54) is 12.1 Å². The van der Waals surface area contributed by atoms with E-state index in [4.69, 9.17) is 4.74 Å². The molecule has 0 spiro atoms. The first kappa shape index (κ1) is 24.2. The Hall–Kier alpha value is -2.42. The van der Waals surface area contributed by atoms with Crippen LogP contribution in [0.3, 0.4) is 0 Å². The van der Waals surface area contributed by atoms with E-state index in [9.17, 15) is 23.1 Å². The number of β-amino-alcohol motifs (C(OH)–C–C–N with tert-alkyl or cyclic N) is 1. The minimum absolute atomic E-state index is 0.0784. The van der Waals surface area contributed by atoms with Gasteiger partial charge in [-0.25, -0.2) is 0 Å². The zero-order chi connectivity index (χ0) is 23.0. The van der Waals surface area contributed by atoms with E-state index >= 15 is 0 Å². The molecule has 1 aliphatic heterocycles. The number of ether oxygens (including phenoxy) is 1. The lowest BCUT2D eigenvalue weighted by Gasteiger charge is -2.35. The second-order valence-corrected chi connectivity index (χ2v) is 8.09. The van der Waals surface area contributed by atoms with Crippen LogP contribution in [0.5, 0.6) is 5.75 Å². The molecule has 32 heavy (non-hydrogen) atoms. The van der Waals surface area contributed by atoms with Gasteiger partial charge in [0.05, 0.1) is 12.1 Å². The lowest BCUT2D eigenvalue weighted by Crippen LogP contribution is -2.50. The zero-order valence-electron chi connectivity index (χ0n) is 17.9. The van der Waals surface area contributed by atoms with Crippen molar-refractivity contribution < 1.29 is 27.8 Å². The number of aliphatic hydroxyl groups excluding tert-OH is 1. The second kappa shape index (κ2) is 11.4. The first-order chi connectivity index (χ1) is 15.3. The monoisotopic (exact) mass is 450 g/mol. The Balaban J connectivity index is 1.31. The Morgan fingerprint density at radius 3 is 2.22 bits per heavy atom. The van der Waals surface area contributed by atoms with E-state index < -0.39 is 17.8 Å². The zero-order valence-corrected chi connectivity index (χ0v) is 17.9. The molecule has 0 aromatic heterocycles. The Morgan fingerprint density at radius 1 is 0.969 bits per heavy atom. The van der Waals surface area contributed by atoms with Crippen molar-refractivity contribution in [3.05, 3.63) is 65.7 Å². The third kappa shape index (κ3) is 7.93. The van der Waals surface area contributed by atoms with E-state index in [2.05, 4.69) is 9.80 Å². The van der Waals surface area contributed by atoms with Crippen LogP contribution in [0.2, 0.25) is 0 Å². The van der Waals surface area contributed by atoms with Crippen molar-refractivity contribution in [1.82, 2.24) is 9.80 Å². The fourth-order valence-corrected chi connectivity index (χ4v) is 3.66. The molecule has 0 unspecified atom stereocenters. The number of halogens is 3. The molecular weight excluding hydrogens is 421 g/mol. The van der Waals surface area contributed by atoms with Gasteiger partial charge in [-0.05, 0) is 36.2 Å². The lowest BCUT2D eigenvalue weighted by molar-refractivity contribution is -0.137. The van der Waals surface area contributed by atoms with Crippen LogP contribution in [0.25, 0.3) is 0 Å². The van der Waals surface area contributed by atoms with Crippen LogP contribution in [0.4, 0.5) is 13.2 Å². The van der Waals surface area contributed by atoms with E-state index in [-0.39, 0.29) is 12.4 Å². The molecule has 1 fully saturated rings. The largest absolute Gasteiger partial charge is 0.491 e. The number of benzene rings is 2. The third-order valence-corrected chi connectivity index (χ3v) is 5.49. The second-order valence-electron chi connectivity index (χ2n) is 8.09.